The SMILES string of the molecule is C/C(=C\C(O)n1ccc(N)nc1=O)CCC[C@H](C)CCC[C@H](C)CCCC(C)C. The van der Waals surface area contributed by atoms with Crippen LogP contribution in [-0.2, 0) is 0 Å². The minimum atomic E-state index is -0.995. The highest BCUT2D eigenvalue weighted by molar-refractivity contribution is 5.23. The molecule has 0 saturated carbocycles. The fraction of sp³-hybridized carbons (Fsp3) is 0.750. The Hall–Kier alpha value is -1.62. The summed E-state index contributed by atoms with van der Waals surface area (Å²) in [7, 11) is 0. The van der Waals surface area contributed by atoms with E-state index in [-0.39, 0.29) is 5.82 Å². The van der Waals surface area contributed by atoms with Crippen LogP contribution in [0.2, 0.25) is 0 Å². The molecule has 29 heavy (non-hydrogen) atoms. The van der Waals surface area contributed by atoms with Crippen LogP contribution in [0.1, 0.15) is 98.6 Å². The molecule has 0 spiro atoms. The van der Waals surface area contributed by atoms with Crippen LogP contribution in [0.4, 0.5) is 5.82 Å². The highest BCUT2D eigenvalue weighted by Crippen LogP contribution is 2.22. The molecule has 1 rings (SSSR count). The molecule has 1 aromatic heterocycles. The summed E-state index contributed by atoms with van der Waals surface area (Å²) in [5.41, 5.74) is 6.04. The van der Waals surface area contributed by atoms with Gasteiger partial charge in [0.05, 0.1) is 0 Å². The van der Waals surface area contributed by atoms with Crippen LogP contribution < -0.4 is 11.4 Å². The van der Waals surface area contributed by atoms with Crippen molar-refractivity contribution < 1.29 is 5.11 Å². The minimum Gasteiger partial charge on any atom is -0.383 e. The minimum absolute atomic E-state index is 0.165. The molecule has 0 amide bonds. The van der Waals surface area contributed by atoms with E-state index >= 15 is 0 Å². The summed E-state index contributed by atoms with van der Waals surface area (Å²) in [6.45, 7) is 11.4. The monoisotopic (exact) mass is 405 g/mol. The first-order valence-electron chi connectivity index (χ1n) is 11.4. The fourth-order valence-electron chi connectivity index (χ4n) is 3.75. The van der Waals surface area contributed by atoms with Crippen molar-refractivity contribution in [2.24, 2.45) is 17.8 Å². The van der Waals surface area contributed by atoms with Crippen molar-refractivity contribution in [2.45, 2.75) is 98.6 Å². The van der Waals surface area contributed by atoms with Crippen LogP contribution >= 0.6 is 0 Å². The van der Waals surface area contributed by atoms with Crippen LogP contribution in [-0.4, -0.2) is 14.7 Å². The maximum absolute atomic E-state index is 11.8. The van der Waals surface area contributed by atoms with Crippen LogP contribution in [0.25, 0.3) is 0 Å². The number of nitrogen functional groups attached to an aromatic ring is 1. The Morgan fingerprint density at radius 1 is 1.07 bits per heavy atom. The summed E-state index contributed by atoms with van der Waals surface area (Å²) in [5, 5.41) is 10.2. The van der Waals surface area contributed by atoms with E-state index in [2.05, 4.69) is 32.7 Å². The van der Waals surface area contributed by atoms with Gasteiger partial charge < -0.3 is 10.8 Å². The smallest absolute Gasteiger partial charge is 0.351 e. The second-order valence-corrected chi connectivity index (χ2v) is 9.33. The summed E-state index contributed by atoms with van der Waals surface area (Å²) in [4.78, 5) is 15.4. The molecule has 1 heterocycles. The predicted molar refractivity (Wildman–Crippen MR) is 123 cm³/mol. The molecule has 5 heteroatoms. The first kappa shape index (κ1) is 25.4. The van der Waals surface area contributed by atoms with Crippen molar-refractivity contribution in [1.29, 1.82) is 0 Å². The summed E-state index contributed by atoms with van der Waals surface area (Å²) in [6, 6.07) is 1.51. The predicted octanol–water partition coefficient (Wildman–Crippen LogP) is 5.70. The lowest BCUT2D eigenvalue weighted by molar-refractivity contribution is 0.147. The molecule has 0 aromatic carbocycles. The number of nitrogens with two attached hydrogens (primary N) is 1. The molecule has 5 nitrogen and oxygen atoms in total. The number of allylic oxidation sites excluding steroid dienone is 1. The van der Waals surface area contributed by atoms with Crippen LogP contribution in [0.3, 0.4) is 0 Å². The largest absolute Gasteiger partial charge is 0.383 e. The van der Waals surface area contributed by atoms with Crippen molar-refractivity contribution in [1.82, 2.24) is 9.55 Å². The van der Waals surface area contributed by atoms with Crippen molar-refractivity contribution in [3.05, 3.63) is 34.4 Å². The van der Waals surface area contributed by atoms with E-state index < -0.39 is 11.9 Å². The number of hydrogen-bond donors (Lipinski definition) is 2. The third kappa shape index (κ3) is 11.2. The Bertz CT molecular complexity index is 666. The highest BCUT2D eigenvalue weighted by Gasteiger charge is 2.09. The van der Waals surface area contributed by atoms with Gasteiger partial charge in [-0.25, -0.2) is 4.79 Å². The van der Waals surface area contributed by atoms with Gasteiger partial charge in [-0.3, -0.25) is 4.57 Å². The molecule has 3 N–H and O–H groups in total. The topological polar surface area (TPSA) is 81.1 Å². The number of hydrogen-bond acceptors (Lipinski definition) is 4. The van der Waals surface area contributed by atoms with Gasteiger partial charge in [-0.05, 0) is 49.7 Å². The summed E-state index contributed by atoms with van der Waals surface area (Å²) in [6.07, 6.45) is 13.5. The number of aliphatic hydroxyl groups excluding tert-OH is 1. The van der Waals surface area contributed by atoms with E-state index in [0.717, 1.165) is 36.2 Å². The van der Waals surface area contributed by atoms with Crippen molar-refractivity contribution in [3.63, 3.8) is 0 Å². The van der Waals surface area contributed by atoms with Crippen LogP contribution in [0, 0.1) is 17.8 Å². The molecule has 0 aliphatic carbocycles. The Kier molecular flexibility index (Phi) is 11.9. The van der Waals surface area contributed by atoms with E-state index in [4.69, 9.17) is 5.73 Å². The molecule has 0 fully saturated rings. The van der Waals surface area contributed by atoms with Crippen molar-refractivity contribution in [3.8, 4) is 0 Å². The van der Waals surface area contributed by atoms with Crippen LogP contribution in [0.5, 0.6) is 0 Å². The molecule has 3 atom stereocenters. The van der Waals surface area contributed by atoms with Gasteiger partial charge in [0.25, 0.3) is 0 Å². The number of aliphatic hydroxyl groups is 1. The highest BCUT2D eigenvalue weighted by atomic mass is 16.3. The summed E-state index contributed by atoms with van der Waals surface area (Å²) < 4.78 is 1.19. The average Bonchev–Trinajstić information content (AvgIpc) is 2.61. The lowest BCUT2D eigenvalue weighted by atomic mass is 9.91. The van der Waals surface area contributed by atoms with Crippen molar-refractivity contribution >= 4 is 5.82 Å². The van der Waals surface area contributed by atoms with Gasteiger partial charge in [-0.1, -0.05) is 78.2 Å². The first-order chi connectivity index (χ1) is 13.7. The van der Waals surface area contributed by atoms with Gasteiger partial charge in [0.2, 0.25) is 0 Å². The molecule has 0 radical (unpaired) electrons. The number of nitrogens with zero attached hydrogens (tertiary/aromatic N) is 2. The number of aromatic nitrogens is 2. The second kappa shape index (κ2) is 13.6. The van der Waals surface area contributed by atoms with Gasteiger partial charge in [0.1, 0.15) is 5.82 Å². The zero-order chi connectivity index (χ0) is 21.8. The number of rotatable bonds is 14. The van der Waals surface area contributed by atoms with Gasteiger partial charge in [-0.2, -0.15) is 4.98 Å². The van der Waals surface area contributed by atoms with Gasteiger partial charge in [0.15, 0.2) is 6.23 Å². The molecule has 1 unspecified atom stereocenters. The van der Waals surface area contributed by atoms with E-state index in [1.54, 1.807) is 6.08 Å². The zero-order valence-corrected chi connectivity index (χ0v) is 19.2. The van der Waals surface area contributed by atoms with Gasteiger partial charge in [0, 0.05) is 6.20 Å². The Labute approximate surface area is 177 Å². The summed E-state index contributed by atoms with van der Waals surface area (Å²) >= 11 is 0. The summed E-state index contributed by atoms with van der Waals surface area (Å²) in [5.74, 6) is 2.57. The van der Waals surface area contributed by atoms with E-state index in [0.29, 0.717) is 0 Å². The Morgan fingerprint density at radius 3 is 2.17 bits per heavy atom. The Morgan fingerprint density at radius 2 is 1.62 bits per heavy atom. The molecular weight excluding hydrogens is 362 g/mol. The maximum atomic E-state index is 11.8. The normalized spacial score (nSPS) is 15.5. The molecule has 0 aliphatic rings. The van der Waals surface area contributed by atoms with E-state index in [1.807, 2.05) is 6.92 Å². The maximum Gasteiger partial charge on any atom is 0.351 e. The van der Waals surface area contributed by atoms with Gasteiger partial charge >= 0.3 is 5.69 Å². The molecule has 0 aliphatic heterocycles. The third-order valence-corrected chi connectivity index (χ3v) is 5.71. The molecule has 0 bridgehead atoms. The molecule has 166 valence electrons. The third-order valence-electron chi connectivity index (χ3n) is 5.71. The second-order valence-electron chi connectivity index (χ2n) is 9.33. The lowest BCUT2D eigenvalue weighted by Crippen LogP contribution is -2.26. The first-order valence-corrected chi connectivity index (χ1v) is 11.4. The van der Waals surface area contributed by atoms with E-state index in [9.17, 15) is 9.90 Å². The standard InChI is InChI=1S/C24H43N3O2/c1-18(2)9-6-10-19(3)11-7-12-20(4)13-8-14-21(5)17-23(28)27-16-15-22(25)26-24(27)29/h15-20,23,28H,6-14H2,1-5H3,(H2,25,26,29)/b21-17+/t19-,20-,23?/m1/s1. The van der Waals surface area contributed by atoms with E-state index in [1.165, 1.54) is 61.8 Å². The Balaban J connectivity index is 2.24. The zero-order valence-electron chi connectivity index (χ0n) is 19.2. The fourth-order valence-corrected chi connectivity index (χ4v) is 3.75. The number of anilines is 1. The molecular formula is C24H43N3O2. The lowest BCUT2D eigenvalue weighted by Gasteiger charge is -2.15. The average molecular weight is 406 g/mol. The molecule has 0 saturated heterocycles. The van der Waals surface area contributed by atoms with Crippen molar-refractivity contribution in [2.75, 3.05) is 5.73 Å². The van der Waals surface area contributed by atoms with Gasteiger partial charge in [-0.15, -0.1) is 0 Å². The quantitative estimate of drug-likeness (QED) is 0.389. The molecule has 1 aromatic rings. The van der Waals surface area contributed by atoms with Crippen LogP contribution in [0.15, 0.2) is 28.7 Å².